The van der Waals surface area contributed by atoms with Crippen molar-refractivity contribution in [2.75, 3.05) is 7.11 Å². The number of hydrogen-bond acceptors (Lipinski definition) is 6. The van der Waals surface area contributed by atoms with Crippen LogP contribution < -0.4 is 0 Å². The van der Waals surface area contributed by atoms with Gasteiger partial charge in [-0.1, -0.05) is 11.6 Å². The lowest BCUT2D eigenvalue weighted by Crippen LogP contribution is -2.09. The van der Waals surface area contributed by atoms with Crippen LogP contribution in [-0.4, -0.2) is 36.4 Å². The number of imidazole rings is 1. The quantitative estimate of drug-likeness (QED) is 0.476. The number of oxazole rings is 1. The third-order valence-electron chi connectivity index (χ3n) is 4.56. The minimum atomic E-state index is 0.352. The van der Waals surface area contributed by atoms with Crippen LogP contribution in [-0.2, 0) is 17.9 Å². The molecule has 4 aromatic rings. The number of ether oxygens (including phenoxy) is 1. The van der Waals surface area contributed by atoms with E-state index in [1.54, 1.807) is 19.6 Å². The lowest BCUT2D eigenvalue weighted by Gasteiger charge is -2.08. The van der Waals surface area contributed by atoms with E-state index in [0.29, 0.717) is 29.8 Å². The average Bonchev–Trinajstić information content (AvgIpc) is 3.34. The van der Waals surface area contributed by atoms with Gasteiger partial charge in [-0.2, -0.15) is 0 Å². The summed E-state index contributed by atoms with van der Waals surface area (Å²) in [7, 11) is 1.63. The molecule has 0 saturated heterocycles. The maximum absolute atomic E-state index is 6.26. The number of benzene rings is 1. The number of nitrogens with zero attached hydrogens (tertiary/aromatic N) is 6. The molecule has 0 aliphatic carbocycles. The zero-order valence-electron chi connectivity index (χ0n) is 14.7. The Bertz CT molecular complexity index is 1160. The van der Waals surface area contributed by atoms with Crippen molar-refractivity contribution >= 4 is 11.6 Å². The molecule has 3 aromatic heterocycles. The molecule has 0 saturated carbocycles. The molecule has 27 heavy (non-hydrogen) atoms. The minimum absolute atomic E-state index is 0.352. The molecule has 0 N–H and O–H groups in total. The number of fused-ring (bicyclic) bond motifs is 5. The molecular formula is C18H15ClN6O2. The molecule has 0 bridgehead atoms. The molecular weight excluding hydrogens is 368 g/mol. The highest BCUT2D eigenvalue weighted by Crippen LogP contribution is 2.36. The van der Waals surface area contributed by atoms with Crippen molar-refractivity contribution in [1.82, 2.24) is 29.3 Å². The summed E-state index contributed by atoms with van der Waals surface area (Å²) in [5.41, 5.74) is 3.42. The van der Waals surface area contributed by atoms with Gasteiger partial charge in [0.05, 0.1) is 24.1 Å². The number of aryl methyl sites for hydroxylation is 1. The van der Waals surface area contributed by atoms with Crippen molar-refractivity contribution in [3.05, 3.63) is 53.0 Å². The summed E-state index contributed by atoms with van der Waals surface area (Å²) in [5, 5.41) is 9.31. The van der Waals surface area contributed by atoms with Crippen LogP contribution in [0.2, 0.25) is 5.02 Å². The Morgan fingerprint density at radius 1 is 1.26 bits per heavy atom. The molecule has 1 aliphatic rings. The van der Waals surface area contributed by atoms with Crippen molar-refractivity contribution in [2.45, 2.75) is 20.1 Å². The molecule has 0 atom stereocenters. The fraction of sp³-hybridized carbons (Fsp3) is 0.222. The van der Waals surface area contributed by atoms with Crippen LogP contribution in [0.4, 0.5) is 0 Å². The lowest BCUT2D eigenvalue weighted by atomic mass is 10.1. The van der Waals surface area contributed by atoms with E-state index < -0.39 is 0 Å². The summed E-state index contributed by atoms with van der Waals surface area (Å²) >= 11 is 6.26. The predicted octanol–water partition coefficient (Wildman–Crippen LogP) is 3.26. The van der Waals surface area contributed by atoms with Crippen LogP contribution in [0.5, 0.6) is 0 Å². The molecule has 8 nitrogen and oxygen atoms in total. The van der Waals surface area contributed by atoms with E-state index >= 15 is 0 Å². The van der Waals surface area contributed by atoms with Gasteiger partial charge in [-0.3, -0.25) is 4.57 Å². The summed E-state index contributed by atoms with van der Waals surface area (Å²) in [6.07, 6.45) is 3.46. The SMILES string of the molecule is COCc1nnc2n1Cc1c(-c3ncc(C)o3)ncn1-c1ccc(Cl)cc1-2. The molecule has 0 radical (unpaired) electrons. The van der Waals surface area contributed by atoms with E-state index in [4.69, 9.17) is 20.8 Å². The van der Waals surface area contributed by atoms with E-state index in [9.17, 15) is 0 Å². The summed E-state index contributed by atoms with van der Waals surface area (Å²) in [6, 6.07) is 5.69. The third-order valence-corrected chi connectivity index (χ3v) is 4.79. The van der Waals surface area contributed by atoms with Crippen molar-refractivity contribution in [3.63, 3.8) is 0 Å². The van der Waals surface area contributed by atoms with E-state index in [2.05, 4.69) is 20.2 Å². The highest BCUT2D eigenvalue weighted by atomic mass is 35.5. The Kier molecular flexibility index (Phi) is 3.63. The van der Waals surface area contributed by atoms with Gasteiger partial charge in [0.2, 0.25) is 5.89 Å². The van der Waals surface area contributed by atoms with Gasteiger partial charge in [0.15, 0.2) is 11.6 Å². The monoisotopic (exact) mass is 382 g/mol. The molecule has 4 heterocycles. The maximum atomic E-state index is 6.26. The number of hydrogen-bond donors (Lipinski definition) is 0. The zero-order chi connectivity index (χ0) is 18.5. The first-order chi connectivity index (χ1) is 13.2. The number of halogens is 1. The van der Waals surface area contributed by atoms with Gasteiger partial charge in [-0.15, -0.1) is 10.2 Å². The van der Waals surface area contributed by atoms with Crippen LogP contribution in [0.15, 0.2) is 35.1 Å². The van der Waals surface area contributed by atoms with Gasteiger partial charge in [0.25, 0.3) is 0 Å². The van der Waals surface area contributed by atoms with E-state index in [0.717, 1.165) is 34.4 Å². The summed E-state index contributed by atoms with van der Waals surface area (Å²) in [6.45, 7) is 2.71. The zero-order valence-corrected chi connectivity index (χ0v) is 15.4. The van der Waals surface area contributed by atoms with Crippen molar-refractivity contribution < 1.29 is 9.15 Å². The highest BCUT2D eigenvalue weighted by Gasteiger charge is 2.27. The normalized spacial score (nSPS) is 12.4. The second-order valence-corrected chi connectivity index (χ2v) is 6.74. The van der Waals surface area contributed by atoms with Crippen LogP contribution >= 0.6 is 11.6 Å². The Balaban J connectivity index is 1.79. The van der Waals surface area contributed by atoms with Crippen molar-refractivity contribution in [2.24, 2.45) is 0 Å². The Labute approximate surface area is 159 Å². The van der Waals surface area contributed by atoms with Gasteiger partial charge < -0.3 is 13.7 Å². The Hall–Kier alpha value is -2.97. The number of aromatic nitrogens is 6. The molecule has 0 fully saturated rings. The number of rotatable bonds is 3. The lowest BCUT2D eigenvalue weighted by molar-refractivity contribution is 0.174. The van der Waals surface area contributed by atoms with Crippen LogP contribution in [0.25, 0.3) is 28.7 Å². The largest absolute Gasteiger partial charge is 0.440 e. The minimum Gasteiger partial charge on any atom is -0.440 e. The smallest absolute Gasteiger partial charge is 0.247 e. The van der Waals surface area contributed by atoms with E-state index in [1.165, 1.54) is 0 Å². The van der Waals surface area contributed by atoms with Crippen LogP contribution in [0.1, 0.15) is 17.3 Å². The first kappa shape index (κ1) is 16.2. The molecule has 1 aliphatic heterocycles. The molecule has 1 aromatic carbocycles. The van der Waals surface area contributed by atoms with Gasteiger partial charge >= 0.3 is 0 Å². The van der Waals surface area contributed by atoms with Gasteiger partial charge in [-0.05, 0) is 25.1 Å². The fourth-order valence-corrected chi connectivity index (χ4v) is 3.53. The molecule has 0 spiro atoms. The molecule has 5 rings (SSSR count). The number of methoxy groups -OCH3 is 1. The summed E-state index contributed by atoms with van der Waals surface area (Å²) < 4.78 is 15.0. The molecule has 9 heteroatoms. The molecule has 0 amide bonds. The van der Waals surface area contributed by atoms with Crippen LogP contribution in [0, 0.1) is 6.92 Å². The second-order valence-electron chi connectivity index (χ2n) is 6.31. The van der Waals surface area contributed by atoms with Crippen molar-refractivity contribution in [3.8, 4) is 28.7 Å². The Morgan fingerprint density at radius 3 is 2.93 bits per heavy atom. The van der Waals surface area contributed by atoms with Gasteiger partial charge in [0.1, 0.15) is 24.4 Å². The topological polar surface area (TPSA) is 83.8 Å². The Morgan fingerprint density at radius 2 is 2.15 bits per heavy atom. The first-order valence-corrected chi connectivity index (χ1v) is 8.74. The van der Waals surface area contributed by atoms with Crippen LogP contribution in [0.3, 0.4) is 0 Å². The van der Waals surface area contributed by atoms with E-state index in [-0.39, 0.29) is 0 Å². The summed E-state index contributed by atoms with van der Waals surface area (Å²) in [4.78, 5) is 8.91. The predicted molar refractivity (Wildman–Crippen MR) is 97.6 cm³/mol. The van der Waals surface area contributed by atoms with Gasteiger partial charge in [-0.25, -0.2) is 9.97 Å². The maximum Gasteiger partial charge on any atom is 0.247 e. The third kappa shape index (κ3) is 2.48. The fourth-order valence-electron chi connectivity index (χ4n) is 3.36. The molecule has 0 unspecified atom stereocenters. The second kappa shape index (κ2) is 6.04. The highest BCUT2D eigenvalue weighted by molar-refractivity contribution is 6.31. The molecule has 136 valence electrons. The standard InChI is InChI=1S/C18H15ClN6O2/c1-10-6-20-18(27-10)16-14-7-24-15(8-26-2)22-23-17(24)12-5-11(19)3-4-13(12)25(14)9-21-16/h3-6,9H,7-8H2,1-2H3. The average molecular weight is 383 g/mol. The van der Waals surface area contributed by atoms with E-state index in [1.807, 2.05) is 34.3 Å². The van der Waals surface area contributed by atoms with Gasteiger partial charge in [0, 0.05) is 17.7 Å². The van der Waals surface area contributed by atoms with Crippen molar-refractivity contribution in [1.29, 1.82) is 0 Å². The first-order valence-electron chi connectivity index (χ1n) is 8.36. The summed E-state index contributed by atoms with van der Waals surface area (Å²) in [5.74, 6) is 2.68.